The number of anilines is 1. The minimum absolute atomic E-state index is 0.376. The van der Waals surface area contributed by atoms with E-state index in [0.29, 0.717) is 11.4 Å². The maximum absolute atomic E-state index is 12.5. The second-order valence-corrected chi connectivity index (χ2v) is 6.89. The van der Waals surface area contributed by atoms with Gasteiger partial charge in [0.25, 0.3) is 5.91 Å². The Morgan fingerprint density at radius 3 is 2.78 bits per heavy atom. The van der Waals surface area contributed by atoms with Crippen molar-refractivity contribution in [2.24, 2.45) is 0 Å². The number of carboxylic acids is 1. The lowest BCUT2D eigenvalue weighted by Crippen LogP contribution is -2.53. The number of aliphatic carboxylic acids is 1. The van der Waals surface area contributed by atoms with Crippen LogP contribution in [0.5, 0.6) is 5.75 Å². The van der Waals surface area contributed by atoms with E-state index in [1.54, 1.807) is 26.0 Å². The normalized spacial score (nSPS) is 16.0. The maximum Gasteiger partial charge on any atom is 0.323 e. The van der Waals surface area contributed by atoms with Crippen LogP contribution in [-0.2, 0) is 9.59 Å². The van der Waals surface area contributed by atoms with Crippen molar-refractivity contribution >= 4 is 28.9 Å². The van der Waals surface area contributed by atoms with Gasteiger partial charge in [-0.05, 0) is 39.0 Å². The second-order valence-electron chi connectivity index (χ2n) is 5.83. The minimum atomic E-state index is -1.10. The quantitative estimate of drug-likeness (QED) is 0.935. The number of carbonyl (C=O) groups is 2. The summed E-state index contributed by atoms with van der Waals surface area (Å²) in [5, 5.41) is 12.0. The second kappa shape index (κ2) is 5.34. The molecule has 1 aliphatic rings. The summed E-state index contributed by atoms with van der Waals surface area (Å²) in [6, 6.07) is 5.36. The van der Waals surface area contributed by atoms with E-state index >= 15 is 0 Å². The standard InChI is InChI=1S/C16H16N2O4S/c1-9-17-11(8-23-9)10-4-5-13-12(6-10)18(7-14(19)20)15(21)16(2,3)22-13/h4-6,8H,7H2,1-3H3,(H,19,20). The maximum atomic E-state index is 12.5. The van der Waals surface area contributed by atoms with E-state index in [2.05, 4.69) is 4.98 Å². The van der Waals surface area contributed by atoms with Crippen LogP contribution in [0.1, 0.15) is 18.9 Å². The van der Waals surface area contributed by atoms with Gasteiger partial charge in [-0.2, -0.15) is 0 Å². The van der Waals surface area contributed by atoms with Crippen LogP contribution in [0.4, 0.5) is 5.69 Å². The smallest absolute Gasteiger partial charge is 0.323 e. The van der Waals surface area contributed by atoms with Gasteiger partial charge in [0.15, 0.2) is 5.60 Å². The van der Waals surface area contributed by atoms with Crippen molar-refractivity contribution in [3.63, 3.8) is 0 Å². The third-order valence-electron chi connectivity index (χ3n) is 3.58. The van der Waals surface area contributed by atoms with Crippen molar-refractivity contribution in [3.05, 3.63) is 28.6 Å². The largest absolute Gasteiger partial charge is 0.480 e. The zero-order valence-corrected chi connectivity index (χ0v) is 13.8. The highest BCUT2D eigenvalue weighted by Crippen LogP contribution is 2.40. The Morgan fingerprint density at radius 1 is 1.43 bits per heavy atom. The molecule has 0 radical (unpaired) electrons. The Labute approximate surface area is 137 Å². The Kier molecular flexibility index (Phi) is 3.60. The van der Waals surface area contributed by atoms with E-state index in [0.717, 1.165) is 16.3 Å². The van der Waals surface area contributed by atoms with Gasteiger partial charge in [0.2, 0.25) is 0 Å². The summed E-state index contributed by atoms with van der Waals surface area (Å²) in [4.78, 5) is 29.3. The van der Waals surface area contributed by atoms with Gasteiger partial charge in [0, 0.05) is 10.9 Å². The molecule has 23 heavy (non-hydrogen) atoms. The highest BCUT2D eigenvalue weighted by Gasteiger charge is 2.41. The monoisotopic (exact) mass is 332 g/mol. The molecule has 0 unspecified atom stereocenters. The molecule has 7 heteroatoms. The average Bonchev–Trinajstić information content (AvgIpc) is 2.89. The molecule has 6 nitrogen and oxygen atoms in total. The zero-order valence-electron chi connectivity index (χ0n) is 13.0. The first kappa shape index (κ1) is 15.5. The highest BCUT2D eigenvalue weighted by molar-refractivity contribution is 7.09. The van der Waals surface area contributed by atoms with E-state index in [-0.39, 0.29) is 5.91 Å². The number of benzene rings is 1. The molecular formula is C16H16N2O4S. The van der Waals surface area contributed by atoms with Crippen molar-refractivity contribution in [1.29, 1.82) is 0 Å². The number of carbonyl (C=O) groups excluding carboxylic acids is 1. The number of rotatable bonds is 3. The lowest BCUT2D eigenvalue weighted by molar-refractivity contribution is -0.139. The van der Waals surface area contributed by atoms with Crippen LogP contribution in [0.2, 0.25) is 0 Å². The van der Waals surface area contributed by atoms with Crippen LogP contribution in [0.15, 0.2) is 23.6 Å². The number of hydrogen-bond donors (Lipinski definition) is 1. The number of ether oxygens (including phenoxy) is 1. The van der Waals surface area contributed by atoms with E-state index < -0.39 is 18.1 Å². The molecule has 2 heterocycles. The van der Waals surface area contributed by atoms with Crippen LogP contribution in [0.25, 0.3) is 11.3 Å². The summed E-state index contributed by atoms with van der Waals surface area (Å²) < 4.78 is 5.74. The first-order chi connectivity index (χ1) is 10.8. The average molecular weight is 332 g/mol. The SMILES string of the molecule is Cc1nc(-c2ccc3c(c2)N(CC(=O)O)C(=O)C(C)(C)O3)cs1. The first-order valence-corrected chi connectivity index (χ1v) is 7.95. The number of aryl methyl sites for hydroxylation is 1. The summed E-state index contributed by atoms with van der Waals surface area (Å²) >= 11 is 1.53. The van der Waals surface area contributed by atoms with E-state index in [9.17, 15) is 9.59 Å². The first-order valence-electron chi connectivity index (χ1n) is 7.07. The van der Waals surface area contributed by atoms with Gasteiger partial charge in [-0.3, -0.25) is 14.5 Å². The van der Waals surface area contributed by atoms with Gasteiger partial charge in [0.1, 0.15) is 12.3 Å². The van der Waals surface area contributed by atoms with Crippen LogP contribution < -0.4 is 9.64 Å². The van der Waals surface area contributed by atoms with Crippen molar-refractivity contribution in [3.8, 4) is 17.0 Å². The molecule has 0 saturated heterocycles. The third-order valence-corrected chi connectivity index (χ3v) is 4.36. The Balaban J connectivity index is 2.10. The molecule has 1 N–H and O–H groups in total. The van der Waals surface area contributed by atoms with Gasteiger partial charge in [-0.1, -0.05) is 0 Å². The molecule has 0 spiro atoms. The summed E-state index contributed by atoms with van der Waals surface area (Å²) in [5.41, 5.74) is 0.976. The molecule has 1 aromatic heterocycles. The molecule has 1 aliphatic heterocycles. The third kappa shape index (κ3) is 2.79. The molecule has 3 rings (SSSR count). The summed E-state index contributed by atoms with van der Waals surface area (Å²) in [7, 11) is 0. The lowest BCUT2D eigenvalue weighted by atomic mass is 10.0. The van der Waals surface area contributed by atoms with Gasteiger partial charge >= 0.3 is 5.97 Å². The molecule has 0 bridgehead atoms. The molecule has 1 amide bonds. The molecule has 0 atom stereocenters. The number of carboxylic acid groups (broad SMARTS) is 1. The van der Waals surface area contributed by atoms with Crippen LogP contribution in [0, 0.1) is 6.92 Å². The van der Waals surface area contributed by atoms with E-state index in [4.69, 9.17) is 9.84 Å². The van der Waals surface area contributed by atoms with Crippen LogP contribution in [-0.4, -0.2) is 34.1 Å². The molecule has 1 aromatic carbocycles. The fourth-order valence-corrected chi connectivity index (χ4v) is 3.14. The predicted octanol–water partition coefficient (Wildman–Crippen LogP) is 2.71. The number of hydrogen-bond acceptors (Lipinski definition) is 5. The molecular weight excluding hydrogens is 316 g/mol. The Morgan fingerprint density at radius 2 is 2.17 bits per heavy atom. The number of aromatic nitrogens is 1. The number of thiazole rings is 1. The molecule has 120 valence electrons. The van der Waals surface area contributed by atoms with Crippen molar-refractivity contribution < 1.29 is 19.4 Å². The summed E-state index contributed by atoms with van der Waals surface area (Å²) in [6.45, 7) is 4.77. The molecule has 2 aromatic rings. The molecule has 0 saturated carbocycles. The topological polar surface area (TPSA) is 79.7 Å². The fraction of sp³-hybridized carbons (Fsp3) is 0.312. The number of amides is 1. The van der Waals surface area contributed by atoms with Crippen molar-refractivity contribution in [2.45, 2.75) is 26.4 Å². The lowest BCUT2D eigenvalue weighted by Gasteiger charge is -2.38. The van der Waals surface area contributed by atoms with E-state index in [1.165, 1.54) is 16.2 Å². The van der Waals surface area contributed by atoms with Crippen molar-refractivity contribution in [1.82, 2.24) is 4.98 Å². The van der Waals surface area contributed by atoms with Gasteiger partial charge in [-0.15, -0.1) is 11.3 Å². The van der Waals surface area contributed by atoms with Crippen LogP contribution >= 0.6 is 11.3 Å². The van der Waals surface area contributed by atoms with Gasteiger partial charge in [-0.25, -0.2) is 4.98 Å². The Bertz CT molecular complexity index is 797. The fourth-order valence-electron chi connectivity index (χ4n) is 2.52. The minimum Gasteiger partial charge on any atom is -0.480 e. The van der Waals surface area contributed by atoms with E-state index in [1.807, 2.05) is 18.4 Å². The number of fused-ring (bicyclic) bond motifs is 1. The molecule has 0 aliphatic carbocycles. The van der Waals surface area contributed by atoms with Crippen molar-refractivity contribution in [2.75, 3.05) is 11.4 Å². The molecule has 0 fully saturated rings. The predicted molar refractivity (Wildman–Crippen MR) is 87.0 cm³/mol. The Hall–Kier alpha value is -2.41. The number of nitrogens with zero attached hydrogens (tertiary/aromatic N) is 2. The summed E-state index contributed by atoms with van der Waals surface area (Å²) in [5.74, 6) is -0.956. The van der Waals surface area contributed by atoms with Crippen LogP contribution in [0.3, 0.4) is 0 Å². The van der Waals surface area contributed by atoms with Gasteiger partial charge < -0.3 is 9.84 Å². The summed E-state index contributed by atoms with van der Waals surface area (Å²) in [6.07, 6.45) is 0. The highest BCUT2D eigenvalue weighted by atomic mass is 32.1. The zero-order chi connectivity index (χ0) is 16.8. The van der Waals surface area contributed by atoms with Gasteiger partial charge in [0.05, 0.1) is 16.4 Å².